The first kappa shape index (κ1) is 13.2. The van der Waals surface area contributed by atoms with Crippen molar-refractivity contribution in [2.75, 3.05) is 5.32 Å². The molecule has 0 amide bonds. The fourth-order valence-electron chi connectivity index (χ4n) is 0.897. The quantitative estimate of drug-likeness (QED) is 0.507. The summed E-state index contributed by atoms with van der Waals surface area (Å²) in [7, 11) is 0. The first-order valence-corrected chi connectivity index (χ1v) is 5.37. The second-order valence-electron chi connectivity index (χ2n) is 2.86. The van der Waals surface area contributed by atoms with Crippen LogP contribution >= 0.6 is 34.8 Å². The van der Waals surface area contributed by atoms with Crippen LogP contribution in [0.1, 0.15) is 0 Å². The van der Waals surface area contributed by atoms with E-state index < -0.39 is 9.58 Å². The van der Waals surface area contributed by atoms with Crippen molar-refractivity contribution in [2.24, 2.45) is 0 Å². The topological polar surface area (TPSA) is 49.3 Å². The standard InChI is InChI=1S/C10H8Cl3NO2/c11-10(12,13)9(16)5-6-14-7-3-1-2-4-8(7)15/h1-6,14-15H/b6-5+. The van der Waals surface area contributed by atoms with Gasteiger partial charge in [0, 0.05) is 12.3 Å². The average molecular weight is 281 g/mol. The van der Waals surface area contributed by atoms with Crippen LogP contribution in [-0.2, 0) is 4.79 Å². The molecule has 0 atom stereocenters. The van der Waals surface area contributed by atoms with Gasteiger partial charge in [-0.05, 0) is 12.1 Å². The van der Waals surface area contributed by atoms with Gasteiger partial charge in [0.2, 0.25) is 5.78 Å². The molecular formula is C10H8Cl3NO2. The zero-order chi connectivity index (χ0) is 12.2. The number of benzene rings is 1. The summed E-state index contributed by atoms with van der Waals surface area (Å²) in [6.07, 6.45) is 2.37. The second kappa shape index (κ2) is 5.43. The number of ketones is 1. The summed E-state index contributed by atoms with van der Waals surface area (Å²) >= 11 is 16.0. The number of phenolic OH excluding ortho intramolecular Hbond substituents is 1. The van der Waals surface area contributed by atoms with Gasteiger partial charge in [0.1, 0.15) is 5.75 Å². The minimum absolute atomic E-state index is 0.0634. The number of halogens is 3. The zero-order valence-electron chi connectivity index (χ0n) is 7.95. The van der Waals surface area contributed by atoms with E-state index in [1.807, 2.05) is 0 Å². The molecule has 0 heterocycles. The third-order valence-corrected chi connectivity index (χ3v) is 2.22. The Labute approximate surface area is 108 Å². The highest BCUT2D eigenvalue weighted by Crippen LogP contribution is 2.27. The van der Waals surface area contributed by atoms with Gasteiger partial charge < -0.3 is 10.4 Å². The van der Waals surface area contributed by atoms with Crippen molar-refractivity contribution in [2.45, 2.75) is 3.79 Å². The zero-order valence-corrected chi connectivity index (χ0v) is 10.2. The molecule has 0 aromatic heterocycles. The van der Waals surface area contributed by atoms with E-state index in [1.54, 1.807) is 18.2 Å². The van der Waals surface area contributed by atoms with E-state index in [9.17, 15) is 9.90 Å². The number of hydrogen-bond donors (Lipinski definition) is 2. The summed E-state index contributed by atoms with van der Waals surface area (Å²) in [4.78, 5) is 11.2. The number of para-hydroxylation sites is 2. The SMILES string of the molecule is O=C(/C=C/Nc1ccccc1O)C(Cl)(Cl)Cl. The first-order chi connectivity index (χ1) is 7.41. The van der Waals surface area contributed by atoms with Crippen LogP contribution in [0.5, 0.6) is 5.75 Å². The molecule has 0 aliphatic rings. The maximum Gasteiger partial charge on any atom is 0.252 e. The summed E-state index contributed by atoms with van der Waals surface area (Å²) < 4.78 is -1.96. The van der Waals surface area contributed by atoms with Crippen molar-refractivity contribution in [1.82, 2.24) is 0 Å². The number of hydrogen-bond acceptors (Lipinski definition) is 3. The molecule has 6 heteroatoms. The van der Waals surface area contributed by atoms with Crippen LogP contribution in [0.3, 0.4) is 0 Å². The molecule has 0 saturated heterocycles. The monoisotopic (exact) mass is 279 g/mol. The van der Waals surface area contributed by atoms with E-state index in [4.69, 9.17) is 34.8 Å². The van der Waals surface area contributed by atoms with Gasteiger partial charge in [-0.15, -0.1) is 0 Å². The second-order valence-corrected chi connectivity index (χ2v) is 5.14. The van der Waals surface area contributed by atoms with Gasteiger partial charge in [0.15, 0.2) is 0 Å². The minimum Gasteiger partial charge on any atom is -0.506 e. The number of anilines is 1. The van der Waals surface area contributed by atoms with Crippen molar-refractivity contribution < 1.29 is 9.90 Å². The Kier molecular flexibility index (Phi) is 4.47. The number of allylic oxidation sites excluding steroid dienone is 1. The minimum atomic E-state index is -1.96. The van der Waals surface area contributed by atoms with Crippen LogP contribution in [0.25, 0.3) is 0 Å². The normalized spacial score (nSPS) is 11.7. The Hall–Kier alpha value is -0.900. The highest BCUT2D eigenvalue weighted by Gasteiger charge is 2.27. The highest BCUT2D eigenvalue weighted by molar-refractivity contribution is 6.77. The summed E-state index contributed by atoms with van der Waals surface area (Å²) in [5.74, 6) is -0.603. The lowest BCUT2D eigenvalue weighted by Gasteiger charge is -2.05. The van der Waals surface area contributed by atoms with Crippen LogP contribution in [-0.4, -0.2) is 14.7 Å². The molecule has 3 nitrogen and oxygen atoms in total. The summed E-state index contributed by atoms with van der Waals surface area (Å²) in [5.41, 5.74) is 0.455. The fraction of sp³-hybridized carbons (Fsp3) is 0.100. The largest absolute Gasteiger partial charge is 0.506 e. The lowest BCUT2D eigenvalue weighted by atomic mass is 10.3. The van der Waals surface area contributed by atoms with E-state index in [2.05, 4.69) is 5.32 Å². The number of carbonyl (C=O) groups is 1. The lowest BCUT2D eigenvalue weighted by molar-refractivity contribution is -0.113. The van der Waals surface area contributed by atoms with E-state index >= 15 is 0 Å². The molecule has 1 rings (SSSR count). The number of phenols is 1. The van der Waals surface area contributed by atoms with Crippen LogP contribution in [0.2, 0.25) is 0 Å². The lowest BCUT2D eigenvalue weighted by Crippen LogP contribution is -2.15. The molecular weight excluding hydrogens is 272 g/mol. The molecule has 2 N–H and O–H groups in total. The van der Waals surface area contributed by atoms with Crippen molar-refractivity contribution in [1.29, 1.82) is 0 Å². The molecule has 0 radical (unpaired) electrons. The molecule has 86 valence electrons. The molecule has 1 aromatic rings. The number of alkyl halides is 3. The summed E-state index contributed by atoms with van der Waals surface area (Å²) in [6, 6.07) is 6.55. The maximum atomic E-state index is 11.2. The number of nitrogens with one attached hydrogen (secondary N) is 1. The molecule has 0 spiro atoms. The Bertz CT molecular complexity index is 413. The molecule has 0 aliphatic heterocycles. The van der Waals surface area contributed by atoms with Crippen molar-refractivity contribution in [3.05, 3.63) is 36.5 Å². The molecule has 0 saturated carbocycles. The third kappa shape index (κ3) is 3.93. The molecule has 0 unspecified atom stereocenters. The van der Waals surface area contributed by atoms with Crippen LogP contribution in [0, 0.1) is 0 Å². The van der Waals surface area contributed by atoms with E-state index in [0.717, 1.165) is 6.08 Å². The Morgan fingerprint density at radius 2 is 1.94 bits per heavy atom. The third-order valence-electron chi connectivity index (χ3n) is 1.66. The highest BCUT2D eigenvalue weighted by atomic mass is 35.6. The smallest absolute Gasteiger partial charge is 0.252 e. The number of aromatic hydroxyl groups is 1. The fourth-order valence-corrected chi connectivity index (χ4v) is 1.09. The van der Waals surface area contributed by atoms with Gasteiger partial charge in [0.25, 0.3) is 3.79 Å². The molecule has 0 bridgehead atoms. The Morgan fingerprint density at radius 1 is 1.31 bits per heavy atom. The van der Waals surface area contributed by atoms with Gasteiger partial charge in [-0.25, -0.2) is 0 Å². The first-order valence-electron chi connectivity index (χ1n) is 4.23. The Balaban J connectivity index is 2.62. The van der Waals surface area contributed by atoms with Gasteiger partial charge in [-0.2, -0.15) is 0 Å². The van der Waals surface area contributed by atoms with Gasteiger partial charge in [-0.1, -0.05) is 46.9 Å². The van der Waals surface area contributed by atoms with Crippen molar-refractivity contribution in [3.63, 3.8) is 0 Å². The predicted octanol–water partition coefficient (Wildman–Crippen LogP) is 3.26. The van der Waals surface area contributed by atoms with Crippen molar-refractivity contribution in [3.8, 4) is 5.75 Å². The van der Waals surface area contributed by atoms with Gasteiger partial charge in [-0.3, -0.25) is 4.79 Å². The van der Waals surface area contributed by atoms with Crippen LogP contribution in [0.15, 0.2) is 36.5 Å². The number of rotatable bonds is 3. The molecule has 0 aliphatic carbocycles. The molecule has 0 fully saturated rings. The van der Waals surface area contributed by atoms with E-state index in [1.165, 1.54) is 12.3 Å². The predicted molar refractivity (Wildman–Crippen MR) is 66.2 cm³/mol. The van der Waals surface area contributed by atoms with Gasteiger partial charge in [0.05, 0.1) is 5.69 Å². The summed E-state index contributed by atoms with van der Waals surface area (Å²) in [6.45, 7) is 0. The molecule has 16 heavy (non-hydrogen) atoms. The molecule has 1 aromatic carbocycles. The number of carbonyl (C=O) groups excluding carboxylic acids is 1. The van der Waals surface area contributed by atoms with Gasteiger partial charge >= 0.3 is 0 Å². The van der Waals surface area contributed by atoms with E-state index in [-0.39, 0.29) is 5.75 Å². The maximum absolute atomic E-state index is 11.2. The van der Waals surface area contributed by atoms with Crippen LogP contribution in [0.4, 0.5) is 5.69 Å². The van der Waals surface area contributed by atoms with Crippen molar-refractivity contribution >= 4 is 46.3 Å². The van der Waals surface area contributed by atoms with E-state index in [0.29, 0.717) is 5.69 Å². The summed E-state index contributed by atoms with van der Waals surface area (Å²) in [5, 5.41) is 12.1. The van der Waals surface area contributed by atoms with Crippen LogP contribution < -0.4 is 5.32 Å². The Morgan fingerprint density at radius 3 is 2.50 bits per heavy atom. The average Bonchev–Trinajstić information content (AvgIpc) is 2.19.